The lowest BCUT2D eigenvalue weighted by Crippen LogP contribution is -2.59. The van der Waals surface area contributed by atoms with E-state index >= 15 is 0 Å². The summed E-state index contributed by atoms with van der Waals surface area (Å²) in [5, 5.41) is 7.65. The van der Waals surface area contributed by atoms with Crippen LogP contribution in [0.1, 0.15) is 64.3 Å². The highest BCUT2D eigenvalue weighted by Gasteiger charge is 2.35. The molecule has 3 rings (SSSR count). The van der Waals surface area contributed by atoms with Gasteiger partial charge in [0.05, 0.1) is 31.7 Å². The van der Waals surface area contributed by atoms with Crippen LogP contribution in [-0.2, 0) is 41.4 Å². The van der Waals surface area contributed by atoms with E-state index in [1.54, 1.807) is 27.7 Å². The molecular weight excluding hydrogens is 635 g/mol. The molecule has 0 aliphatic carbocycles. The van der Waals surface area contributed by atoms with Crippen LogP contribution in [0.3, 0.4) is 0 Å². The summed E-state index contributed by atoms with van der Waals surface area (Å²) in [4.78, 5) is 56.1. The van der Waals surface area contributed by atoms with Crippen LogP contribution in [-0.4, -0.2) is 63.8 Å². The molecule has 0 radical (unpaired) electrons. The number of imidazole rings is 1. The van der Waals surface area contributed by atoms with Crippen molar-refractivity contribution >= 4 is 29.7 Å². The summed E-state index contributed by atoms with van der Waals surface area (Å²) in [7, 11) is 0. The maximum Gasteiger partial charge on any atom is 0.416 e. The molecule has 15 heteroatoms. The van der Waals surface area contributed by atoms with E-state index in [9.17, 15) is 32.3 Å². The standard InChI is InChI=1S/C33H40F3N5O7/c1-7-47-28(43)26(22-13-15-23(16-14-22)33(34,35)36)41-17-25(37-20-41)39-27(42)24(19-46-18-21-11-9-8-10-12-21)38-29(44)32(5,6)40-30(45)48-31(2,3)4/h8-17,20,24,26H,7,18-19H2,1-6H3,(H,38,44)(H,39,42)(H,40,45)/t24-,26?/m1/s1. The third-order valence-corrected chi connectivity index (χ3v) is 6.61. The lowest BCUT2D eigenvalue weighted by Gasteiger charge is -2.29. The van der Waals surface area contributed by atoms with E-state index in [0.29, 0.717) is 0 Å². The summed E-state index contributed by atoms with van der Waals surface area (Å²) in [5.74, 6) is -2.25. The molecule has 0 fully saturated rings. The first-order chi connectivity index (χ1) is 22.4. The summed E-state index contributed by atoms with van der Waals surface area (Å²) in [6, 6.07) is 10.7. The van der Waals surface area contributed by atoms with Crippen LogP contribution in [0, 0.1) is 0 Å². The molecule has 1 aromatic heterocycles. The maximum absolute atomic E-state index is 13.5. The van der Waals surface area contributed by atoms with Gasteiger partial charge in [0.2, 0.25) is 5.91 Å². The third-order valence-electron chi connectivity index (χ3n) is 6.61. The van der Waals surface area contributed by atoms with Crippen LogP contribution in [0.15, 0.2) is 67.1 Å². The van der Waals surface area contributed by atoms with Gasteiger partial charge in [0.1, 0.15) is 17.2 Å². The normalized spacial score (nSPS) is 13.2. The fourth-order valence-electron chi connectivity index (χ4n) is 4.27. The number of hydrogen-bond acceptors (Lipinski definition) is 8. The van der Waals surface area contributed by atoms with Crippen LogP contribution in [0.2, 0.25) is 0 Å². The summed E-state index contributed by atoms with van der Waals surface area (Å²) < 4.78 is 56.8. The molecule has 12 nitrogen and oxygen atoms in total. The van der Waals surface area contributed by atoms with Crippen molar-refractivity contribution in [1.82, 2.24) is 20.2 Å². The lowest BCUT2D eigenvalue weighted by molar-refractivity contribution is -0.145. The van der Waals surface area contributed by atoms with Gasteiger partial charge in [-0.15, -0.1) is 0 Å². The van der Waals surface area contributed by atoms with Gasteiger partial charge in [-0.3, -0.25) is 9.59 Å². The Kier molecular flexibility index (Phi) is 12.3. The molecule has 0 saturated heterocycles. The number of nitrogens with one attached hydrogen (secondary N) is 3. The molecule has 0 bridgehead atoms. The van der Waals surface area contributed by atoms with E-state index in [1.807, 2.05) is 30.3 Å². The van der Waals surface area contributed by atoms with E-state index in [1.165, 1.54) is 30.9 Å². The molecule has 0 spiro atoms. The number of amides is 3. The van der Waals surface area contributed by atoms with Crippen molar-refractivity contribution in [2.75, 3.05) is 18.5 Å². The number of carbonyl (C=O) groups excluding carboxylic acids is 4. The Morgan fingerprint density at radius 1 is 0.938 bits per heavy atom. The zero-order valence-electron chi connectivity index (χ0n) is 27.5. The number of ether oxygens (including phenoxy) is 3. The minimum Gasteiger partial charge on any atom is -0.464 e. The van der Waals surface area contributed by atoms with Gasteiger partial charge in [-0.2, -0.15) is 13.2 Å². The number of alkyl halides is 3. The van der Waals surface area contributed by atoms with Crippen LogP contribution < -0.4 is 16.0 Å². The molecule has 3 aromatic rings. The first-order valence-electron chi connectivity index (χ1n) is 15.0. The highest BCUT2D eigenvalue weighted by molar-refractivity contribution is 5.98. The molecule has 2 aromatic carbocycles. The number of esters is 1. The van der Waals surface area contributed by atoms with Crippen molar-refractivity contribution in [3.8, 4) is 0 Å². The van der Waals surface area contributed by atoms with Crippen molar-refractivity contribution < 1.29 is 46.6 Å². The van der Waals surface area contributed by atoms with Gasteiger partial charge >= 0.3 is 18.2 Å². The topological polar surface area (TPSA) is 150 Å². The minimum atomic E-state index is -4.57. The zero-order chi connectivity index (χ0) is 35.7. The quantitative estimate of drug-likeness (QED) is 0.215. The number of hydrogen-bond donors (Lipinski definition) is 3. The summed E-state index contributed by atoms with van der Waals surface area (Å²) >= 11 is 0. The maximum atomic E-state index is 13.5. The Hall–Kier alpha value is -4.92. The number of aromatic nitrogens is 2. The number of nitrogens with zero attached hydrogens (tertiary/aromatic N) is 2. The smallest absolute Gasteiger partial charge is 0.416 e. The number of halogens is 3. The summed E-state index contributed by atoms with van der Waals surface area (Å²) in [6.45, 7) is 9.33. The monoisotopic (exact) mass is 675 g/mol. The lowest BCUT2D eigenvalue weighted by atomic mass is 10.0. The molecule has 0 saturated carbocycles. The van der Waals surface area contributed by atoms with E-state index < -0.39 is 58.8 Å². The van der Waals surface area contributed by atoms with Crippen LogP contribution in [0.4, 0.5) is 23.8 Å². The Bertz CT molecular complexity index is 1550. The molecule has 0 aliphatic rings. The largest absolute Gasteiger partial charge is 0.464 e. The number of rotatable bonds is 13. The van der Waals surface area contributed by atoms with Gasteiger partial charge < -0.3 is 34.7 Å². The summed E-state index contributed by atoms with van der Waals surface area (Å²) in [6.07, 6.45) is -2.89. The van der Waals surface area contributed by atoms with Crippen molar-refractivity contribution in [2.45, 2.75) is 77.5 Å². The second-order valence-electron chi connectivity index (χ2n) is 12.2. The Balaban J connectivity index is 1.81. The Morgan fingerprint density at radius 3 is 2.17 bits per heavy atom. The fraction of sp³-hybridized carbons (Fsp3) is 0.424. The molecule has 48 heavy (non-hydrogen) atoms. The molecule has 3 amide bonds. The first-order valence-corrected chi connectivity index (χ1v) is 15.0. The van der Waals surface area contributed by atoms with E-state index in [4.69, 9.17) is 14.2 Å². The predicted molar refractivity (Wildman–Crippen MR) is 169 cm³/mol. The van der Waals surface area contributed by atoms with Gasteiger partial charge in [-0.05, 0) is 64.8 Å². The highest BCUT2D eigenvalue weighted by Crippen LogP contribution is 2.31. The number of alkyl carbamates (subject to hydrolysis) is 1. The van der Waals surface area contributed by atoms with Crippen molar-refractivity contribution in [1.29, 1.82) is 0 Å². The van der Waals surface area contributed by atoms with Gasteiger partial charge in [-0.1, -0.05) is 42.5 Å². The summed E-state index contributed by atoms with van der Waals surface area (Å²) in [5.41, 5.74) is -2.19. The van der Waals surface area contributed by atoms with Gasteiger partial charge in [0.15, 0.2) is 11.9 Å². The van der Waals surface area contributed by atoms with Gasteiger partial charge in [0.25, 0.3) is 5.91 Å². The average molecular weight is 676 g/mol. The van der Waals surface area contributed by atoms with E-state index in [-0.39, 0.29) is 31.2 Å². The predicted octanol–water partition coefficient (Wildman–Crippen LogP) is 5.00. The van der Waals surface area contributed by atoms with Gasteiger partial charge in [-0.25, -0.2) is 14.6 Å². The second-order valence-corrected chi connectivity index (χ2v) is 12.2. The van der Waals surface area contributed by atoms with Crippen molar-refractivity contribution in [2.24, 2.45) is 0 Å². The molecule has 1 heterocycles. The molecule has 1 unspecified atom stereocenters. The van der Waals surface area contributed by atoms with E-state index in [2.05, 4.69) is 20.9 Å². The number of anilines is 1. The Labute approximate surface area is 276 Å². The molecular formula is C33H40F3N5O7. The molecule has 0 aliphatic heterocycles. The van der Waals surface area contributed by atoms with Crippen molar-refractivity contribution in [3.63, 3.8) is 0 Å². The van der Waals surface area contributed by atoms with E-state index in [0.717, 1.165) is 29.8 Å². The van der Waals surface area contributed by atoms with Crippen LogP contribution in [0.25, 0.3) is 0 Å². The van der Waals surface area contributed by atoms with Crippen LogP contribution in [0.5, 0.6) is 0 Å². The second kappa shape index (κ2) is 15.8. The Morgan fingerprint density at radius 2 is 1.58 bits per heavy atom. The SMILES string of the molecule is CCOC(=O)C(c1ccc(C(F)(F)F)cc1)n1cnc(NC(=O)[C@@H](COCc2ccccc2)NC(=O)C(C)(C)NC(=O)OC(C)(C)C)c1. The number of benzene rings is 2. The molecule has 2 atom stereocenters. The van der Waals surface area contributed by atoms with Crippen LogP contribution >= 0.6 is 0 Å². The highest BCUT2D eigenvalue weighted by atomic mass is 19.4. The third kappa shape index (κ3) is 11.1. The minimum absolute atomic E-state index is 0.0117. The van der Waals surface area contributed by atoms with Gasteiger partial charge in [0, 0.05) is 6.20 Å². The first kappa shape index (κ1) is 37.5. The zero-order valence-corrected chi connectivity index (χ0v) is 27.5. The average Bonchev–Trinajstić information content (AvgIpc) is 3.43. The molecule has 260 valence electrons. The number of carbonyl (C=O) groups is 4. The molecule has 3 N–H and O–H groups in total. The van der Waals surface area contributed by atoms with Crippen molar-refractivity contribution in [3.05, 3.63) is 83.8 Å². The fourth-order valence-corrected chi connectivity index (χ4v) is 4.27.